The highest BCUT2D eigenvalue weighted by atomic mass is 19.2. The maximum Gasteiger partial charge on any atom is 0.159 e. The van der Waals surface area contributed by atoms with E-state index < -0.39 is 11.6 Å². The monoisotopic (exact) mass is 338 g/mol. The number of likely N-dealkylation sites (tertiary alicyclic amines) is 1. The van der Waals surface area contributed by atoms with E-state index in [-0.39, 0.29) is 0 Å². The Morgan fingerprint density at radius 2 is 1.83 bits per heavy atom. The zero-order chi connectivity index (χ0) is 17.1. The molecule has 0 aromatic heterocycles. The predicted octanol–water partition coefficient (Wildman–Crippen LogP) is 3.29. The molecule has 0 amide bonds. The van der Waals surface area contributed by atoms with Gasteiger partial charge in [-0.05, 0) is 36.5 Å². The summed E-state index contributed by atoms with van der Waals surface area (Å²) in [7, 11) is 0. The average Bonchev–Trinajstić information content (AvgIpc) is 2.52. The van der Waals surface area contributed by atoms with Crippen molar-refractivity contribution in [3.05, 3.63) is 35.4 Å². The minimum absolute atomic E-state index is 0.570. The molecule has 0 atom stereocenters. The van der Waals surface area contributed by atoms with Crippen molar-refractivity contribution in [3.8, 4) is 0 Å². The van der Waals surface area contributed by atoms with Crippen LogP contribution in [0.25, 0.3) is 0 Å². The van der Waals surface area contributed by atoms with E-state index in [1.165, 1.54) is 12.1 Å². The van der Waals surface area contributed by atoms with Gasteiger partial charge in [0.15, 0.2) is 11.6 Å². The number of benzene rings is 1. The van der Waals surface area contributed by atoms with E-state index in [4.69, 9.17) is 4.74 Å². The number of rotatable bonds is 6. The van der Waals surface area contributed by atoms with Gasteiger partial charge in [-0.25, -0.2) is 8.78 Å². The standard InChI is InChI=1S/C19H28F2N2O/c1-14(2)10-23(16-5-7-24-8-6-16)17-12-22(13-17)11-15-3-4-18(20)19(21)9-15/h3-4,9,14,16-17H,5-8,10-13H2,1-2H3. The molecule has 3 nitrogen and oxygen atoms in total. The highest BCUT2D eigenvalue weighted by molar-refractivity contribution is 5.18. The van der Waals surface area contributed by atoms with Crippen molar-refractivity contribution in [2.24, 2.45) is 5.92 Å². The van der Waals surface area contributed by atoms with Crippen LogP contribution in [0, 0.1) is 17.6 Å². The van der Waals surface area contributed by atoms with Gasteiger partial charge in [0.25, 0.3) is 0 Å². The molecule has 24 heavy (non-hydrogen) atoms. The van der Waals surface area contributed by atoms with Crippen LogP contribution in [-0.2, 0) is 11.3 Å². The van der Waals surface area contributed by atoms with Gasteiger partial charge in [-0.3, -0.25) is 9.80 Å². The molecule has 0 bridgehead atoms. The third-order valence-corrected chi connectivity index (χ3v) is 5.03. The molecule has 0 unspecified atom stereocenters. The first-order chi connectivity index (χ1) is 11.5. The molecule has 134 valence electrons. The van der Waals surface area contributed by atoms with Gasteiger partial charge in [0, 0.05) is 51.5 Å². The van der Waals surface area contributed by atoms with Crippen molar-refractivity contribution in [2.75, 3.05) is 32.8 Å². The SMILES string of the molecule is CC(C)CN(C1CCOCC1)C1CN(Cc2ccc(F)c(F)c2)C1. The van der Waals surface area contributed by atoms with Gasteiger partial charge in [-0.1, -0.05) is 19.9 Å². The Bertz CT molecular complexity index is 540. The van der Waals surface area contributed by atoms with Crippen LogP contribution in [0.15, 0.2) is 18.2 Å². The first-order valence-electron chi connectivity index (χ1n) is 9.02. The molecular formula is C19H28F2N2O. The molecule has 0 saturated carbocycles. The molecule has 3 rings (SSSR count). The van der Waals surface area contributed by atoms with Crippen molar-refractivity contribution < 1.29 is 13.5 Å². The molecule has 0 aliphatic carbocycles. The Morgan fingerprint density at radius 3 is 2.46 bits per heavy atom. The molecule has 1 aromatic carbocycles. The third-order valence-electron chi connectivity index (χ3n) is 5.03. The summed E-state index contributed by atoms with van der Waals surface area (Å²) in [6.07, 6.45) is 2.23. The molecule has 2 fully saturated rings. The molecule has 1 aromatic rings. The molecule has 2 heterocycles. The van der Waals surface area contributed by atoms with Crippen LogP contribution in [0.3, 0.4) is 0 Å². The van der Waals surface area contributed by atoms with Crippen LogP contribution in [0.5, 0.6) is 0 Å². The van der Waals surface area contributed by atoms with Gasteiger partial charge >= 0.3 is 0 Å². The summed E-state index contributed by atoms with van der Waals surface area (Å²) in [6.45, 7) is 10.1. The van der Waals surface area contributed by atoms with Gasteiger partial charge < -0.3 is 4.74 Å². The van der Waals surface area contributed by atoms with Crippen LogP contribution in [0.2, 0.25) is 0 Å². The van der Waals surface area contributed by atoms with E-state index in [0.717, 1.165) is 51.3 Å². The topological polar surface area (TPSA) is 15.7 Å². The zero-order valence-corrected chi connectivity index (χ0v) is 14.7. The maximum absolute atomic E-state index is 13.3. The molecule has 0 spiro atoms. The first-order valence-corrected chi connectivity index (χ1v) is 9.02. The second-order valence-electron chi connectivity index (χ2n) is 7.53. The van der Waals surface area contributed by atoms with E-state index in [9.17, 15) is 8.78 Å². The smallest absolute Gasteiger partial charge is 0.159 e. The number of hydrogen-bond donors (Lipinski definition) is 0. The van der Waals surface area contributed by atoms with Gasteiger partial charge in [-0.15, -0.1) is 0 Å². The number of hydrogen-bond acceptors (Lipinski definition) is 3. The molecule has 0 radical (unpaired) electrons. The predicted molar refractivity (Wildman–Crippen MR) is 90.8 cm³/mol. The lowest BCUT2D eigenvalue weighted by Gasteiger charge is -2.49. The lowest BCUT2D eigenvalue weighted by molar-refractivity contribution is -0.0383. The average molecular weight is 338 g/mol. The summed E-state index contributed by atoms with van der Waals surface area (Å²) in [5, 5.41) is 0. The fourth-order valence-electron chi connectivity index (χ4n) is 3.81. The van der Waals surface area contributed by atoms with Crippen molar-refractivity contribution >= 4 is 0 Å². The summed E-state index contributed by atoms with van der Waals surface area (Å²) in [6, 6.07) is 5.40. The minimum Gasteiger partial charge on any atom is -0.381 e. The summed E-state index contributed by atoms with van der Waals surface area (Å²) in [5.74, 6) is -0.885. The largest absolute Gasteiger partial charge is 0.381 e. The Labute approximate surface area is 143 Å². The Balaban J connectivity index is 1.54. The second-order valence-corrected chi connectivity index (χ2v) is 7.53. The first kappa shape index (κ1) is 17.8. The molecule has 2 aliphatic heterocycles. The number of ether oxygens (including phenoxy) is 1. The van der Waals surface area contributed by atoms with Crippen molar-refractivity contribution in [2.45, 2.75) is 45.3 Å². The Kier molecular flexibility index (Phi) is 5.85. The van der Waals surface area contributed by atoms with Crippen molar-refractivity contribution in [3.63, 3.8) is 0 Å². The van der Waals surface area contributed by atoms with Crippen LogP contribution in [0.4, 0.5) is 8.78 Å². The summed E-state index contributed by atoms with van der Waals surface area (Å²) < 4.78 is 31.9. The van der Waals surface area contributed by atoms with Crippen LogP contribution in [0.1, 0.15) is 32.3 Å². The summed E-state index contributed by atoms with van der Waals surface area (Å²) >= 11 is 0. The van der Waals surface area contributed by atoms with Gasteiger partial charge in [0.1, 0.15) is 0 Å². The fraction of sp³-hybridized carbons (Fsp3) is 0.684. The van der Waals surface area contributed by atoms with Crippen LogP contribution >= 0.6 is 0 Å². The normalized spacial score (nSPS) is 20.8. The zero-order valence-electron chi connectivity index (χ0n) is 14.7. The number of nitrogens with zero attached hydrogens (tertiary/aromatic N) is 2. The number of halogens is 2. The van der Waals surface area contributed by atoms with E-state index in [1.807, 2.05) is 0 Å². The molecule has 2 aliphatic rings. The molecule has 2 saturated heterocycles. The Morgan fingerprint density at radius 1 is 1.12 bits per heavy atom. The minimum atomic E-state index is -0.775. The van der Waals surface area contributed by atoms with Gasteiger partial charge in [0.05, 0.1) is 0 Å². The fourth-order valence-corrected chi connectivity index (χ4v) is 3.81. The highest BCUT2D eigenvalue weighted by Crippen LogP contribution is 2.25. The second kappa shape index (κ2) is 7.89. The van der Waals surface area contributed by atoms with E-state index in [2.05, 4.69) is 23.6 Å². The lowest BCUT2D eigenvalue weighted by Crippen LogP contribution is -2.62. The Hall–Kier alpha value is -1.04. The molecular weight excluding hydrogens is 310 g/mol. The highest BCUT2D eigenvalue weighted by Gasteiger charge is 2.36. The van der Waals surface area contributed by atoms with Crippen LogP contribution < -0.4 is 0 Å². The van der Waals surface area contributed by atoms with E-state index in [1.54, 1.807) is 6.07 Å². The third kappa shape index (κ3) is 4.32. The lowest BCUT2D eigenvalue weighted by atomic mass is 9.97. The maximum atomic E-state index is 13.3. The van der Waals surface area contributed by atoms with E-state index in [0.29, 0.717) is 24.5 Å². The molecule has 0 N–H and O–H groups in total. The van der Waals surface area contributed by atoms with Gasteiger partial charge in [0.2, 0.25) is 0 Å². The molecule has 5 heteroatoms. The van der Waals surface area contributed by atoms with Crippen molar-refractivity contribution in [1.29, 1.82) is 0 Å². The summed E-state index contributed by atoms with van der Waals surface area (Å²) in [5.41, 5.74) is 0.842. The summed E-state index contributed by atoms with van der Waals surface area (Å²) in [4.78, 5) is 4.97. The van der Waals surface area contributed by atoms with E-state index >= 15 is 0 Å². The van der Waals surface area contributed by atoms with Crippen LogP contribution in [-0.4, -0.2) is 54.7 Å². The quantitative estimate of drug-likeness (QED) is 0.792. The van der Waals surface area contributed by atoms with Gasteiger partial charge in [-0.2, -0.15) is 0 Å². The van der Waals surface area contributed by atoms with Crippen molar-refractivity contribution in [1.82, 2.24) is 9.80 Å².